The van der Waals surface area contributed by atoms with Crippen LogP contribution in [-0.4, -0.2) is 10.9 Å². The highest BCUT2D eigenvalue weighted by Crippen LogP contribution is 2.23. The lowest BCUT2D eigenvalue weighted by Gasteiger charge is -2.09. The number of rotatable bonds is 6. The van der Waals surface area contributed by atoms with Gasteiger partial charge >= 0.3 is 5.97 Å². The average Bonchev–Trinajstić information content (AvgIpc) is 2.35. The molecule has 0 aromatic heterocycles. The zero-order valence-electron chi connectivity index (χ0n) is 12.4. The number of carbonyl (C=O) groups excluding carboxylic acids is 1. The van der Waals surface area contributed by atoms with Gasteiger partial charge in [-0.3, -0.25) is 14.9 Å². The van der Waals surface area contributed by atoms with Gasteiger partial charge in [0.25, 0.3) is 5.69 Å². The van der Waals surface area contributed by atoms with Crippen LogP contribution < -0.4 is 0 Å². The Balaban J connectivity index is 2.90. The summed E-state index contributed by atoms with van der Waals surface area (Å²) in [5.74, 6) is -0.168. The number of ether oxygens (including phenoxy) is 1. The van der Waals surface area contributed by atoms with Crippen molar-refractivity contribution in [3.63, 3.8) is 0 Å². The van der Waals surface area contributed by atoms with Crippen molar-refractivity contribution < 1.29 is 14.5 Å². The SMILES string of the molecule is CC(C)Cc1ccc(COC(=O)C(C)C)c([N+](=O)[O-])c1. The van der Waals surface area contributed by atoms with Gasteiger partial charge in [-0.05, 0) is 24.0 Å². The molecule has 0 bridgehead atoms. The number of nitro groups is 1. The molecule has 5 nitrogen and oxygen atoms in total. The third kappa shape index (κ3) is 4.64. The summed E-state index contributed by atoms with van der Waals surface area (Å²) >= 11 is 0. The highest BCUT2D eigenvalue weighted by atomic mass is 16.6. The summed E-state index contributed by atoms with van der Waals surface area (Å²) in [5, 5.41) is 11.1. The molecule has 0 heterocycles. The third-order valence-electron chi connectivity index (χ3n) is 2.83. The van der Waals surface area contributed by atoms with E-state index in [2.05, 4.69) is 13.8 Å². The molecular weight excluding hydrogens is 258 g/mol. The van der Waals surface area contributed by atoms with Crippen molar-refractivity contribution in [1.82, 2.24) is 0 Å². The van der Waals surface area contributed by atoms with Crippen LogP contribution in [0.15, 0.2) is 18.2 Å². The molecule has 0 fully saturated rings. The van der Waals surface area contributed by atoms with Crippen molar-refractivity contribution in [2.75, 3.05) is 0 Å². The van der Waals surface area contributed by atoms with Gasteiger partial charge in [-0.1, -0.05) is 33.8 Å². The molecule has 0 unspecified atom stereocenters. The van der Waals surface area contributed by atoms with E-state index in [0.717, 1.165) is 12.0 Å². The van der Waals surface area contributed by atoms with Crippen LogP contribution in [0.2, 0.25) is 0 Å². The fourth-order valence-electron chi connectivity index (χ4n) is 1.82. The number of carbonyl (C=O) groups is 1. The van der Waals surface area contributed by atoms with Crippen LogP contribution in [0.1, 0.15) is 38.8 Å². The summed E-state index contributed by atoms with van der Waals surface area (Å²) in [7, 11) is 0. The number of benzene rings is 1. The molecule has 1 aromatic carbocycles. The summed E-state index contributed by atoms with van der Waals surface area (Å²) in [6.45, 7) is 7.51. The maximum atomic E-state index is 11.4. The van der Waals surface area contributed by atoms with Crippen molar-refractivity contribution in [3.05, 3.63) is 39.4 Å². The Kier molecular flexibility index (Phi) is 5.67. The smallest absolute Gasteiger partial charge is 0.308 e. The topological polar surface area (TPSA) is 69.4 Å². The largest absolute Gasteiger partial charge is 0.460 e. The van der Waals surface area contributed by atoms with Crippen LogP contribution >= 0.6 is 0 Å². The summed E-state index contributed by atoms with van der Waals surface area (Å²) in [6.07, 6.45) is 0.785. The van der Waals surface area contributed by atoms with Crippen molar-refractivity contribution in [2.45, 2.75) is 40.7 Å². The highest BCUT2D eigenvalue weighted by Gasteiger charge is 2.17. The Morgan fingerprint density at radius 2 is 1.95 bits per heavy atom. The molecule has 0 spiro atoms. The van der Waals surface area contributed by atoms with E-state index in [4.69, 9.17) is 4.74 Å². The zero-order valence-corrected chi connectivity index (χ0v) is 12.4. The minimum atomic E-state index is -0.428. The van der Waals surface area contributed by atoms with E-state index in [1.165, 1.54) is 0 Å². The lowest BCUT2D eigenvalue weighted by molar-refractivity contribution is -0.385. The molecule has 5 heteroatoms. The van der Waals surface area contributed by atoms with Gasteiger partial charge in [0.15, 0.2) is 0 Å². The van der Waals surface area contributed by atoms with Crippen molar-refractivity contribution >= 4 is 11.7 Å². The Labute approximate surface area is 119 Å². The zero-order chi connectivity index (χ0) is 15.3. The Morgan fingerprint density at radius 3 is 2.45 bits per heavy atom. The maximum absolute atomic E-state index is 11.4. The second kappa shape index (κ2) is 7.03. The molecule has 0 radical (unpaired) electrons. The second-order valence-electron chi connectivity index (χ2n) is 5.58. The van der Waals surface area contributed by atoms with Gasteiger partial charge in [0.2, 0.25) is 0 Å². The predicted octanol–water partition coefficient (Wildman–Crippen LogP) is 3.49. The Morgan fingerprint density at radius 1 is 1.30 bits per heavy atom. The van der Waals surface area contributed by atoms with E-state index >= 15 is 0 Å². The molecule has 0 atom stereocenters. The van der Waals surface area contributed by atoms with Gasteiger partial charge in [-0.25, -0.2) is 0 Å². The molecule has 0 amide bonds. The minimum absolute atomic E-state index is 0.0136. The molecule has 110 valence electrons. The highest BCUT2D eigenvalue weighted by molar-refractivity contribution is 5.71. The van der Waals surface area contributed by atoms with Crippen LogP contribution in [0, 0.1) is 22.0 Å². The first-order valence-corrected chi connectivity index (χ1v) is 6.74. The summed E-state index contributed by atoms with van der Waals surface area (Å²) in [4.78, 5) is 22.1. The number of hydrogen-bond acceptors (Lipinski definition) is 4. The van der Waals surface area contributed by atoms with Crippen LogP contribution in [0.3, 0.4) is 0 Å². The minimum Gasteiger partial charge on any atom is -0.460 e. The van der Waals surface area contributed by atoms with Crippen LogP contribution in [-0.2, 0) is 22.6 Å². The molecule has 1 aromatic rings. The summed E-state index contributed by atoms with van der Waals surface area (Å²) in [5.41, 5.74) is 1.36. The summed E-state index contributed by atoms with van der Waals surface area (Å²) in [6, 6.07) is 5.09. The molecule has 0 saturated carbocycles. The Hall–Kier alpha value is -1.91. The van der Waals surface area contributed by atoms with E-state index in [1.807, 2.05) is 6.07 Å². The van der Waals surface area contributed by atoms with E-state index in [-0.39, 0.29) is 24.2 Å². The quantitative estimate of drug-likeness (QED) is 0.454. The molecule has 0 saturated heterocycles. The lowest BCUT2D eigenvalue weighted by atomic mass is 10.0. The number of nitrogens with zero attached hydrogens (tertiary/aromatic N) is 1. The van der Waals surface area contributed by atoms with Crippen LogP contribution in [0.5, 0.6) is 0 Å². The molecule has 0 aliphatic carbocycles. The fourth-order valence-corrected chi connectivity index (χ4v) is 1.82. The van der Waals surface area contributed by atoms with Crippen LogP contribution in [0.25, 0.3) is 0 Å². The lowest BCUT2D eigenvalue weighted by Crippen LogP contribution is -2.12. The summed E-state index contributed by atoms with van der Waals surface area (Å²) < 4.78 is 5.06. The normalized spacial score (nSPS) is 10.9. The second-order valence-corrected chi connectivity index (χ2v) is 5.58. The van der Waals surface area contributed by atoms with Crippen molar-refractivity contribution in [3.8, 4) is 0 Å². The van der Waals surface area contributed by atoms with Gasteiger partial charge in [0, 0.05) is 6.07 Å². The number of nitro benzene ring substituents is 1. The molecular formula is C15H21NO4. The first-order chi connectivity index (χ1) is 9.31. The van der Waals surface area contributed by atoms with Gasteiger partial charge in [-0.15, -0.1) is 0 Å². The van der Waals surface area contributed by atoms with Gasteiger partial charge < -0.3 is 4.74 Å². The number of hydrogen-bond donors (Lipinski definition) is 0. The van der Waals surface area contributed by atoms with E-state index in [1.54, 1.807) is 26.0 Å². The van der Waals surface area contributed by atoms with E-state index in [9.17, 15) is 14.9 Å². The van der Waals surface area contributed by atoms with Gasteiger partial charge in [0.05, 0.1) is 16.4 Å². The standard InChI is InChI=1S/C15H21NO4/c1-10(2)7-12-5-6-13(14(8-12)16(18)19)9-20-15(17)11(3)4/h5-6,8,10-11H,7,9H2,1-4H3. The molecule has 0 aliphatic rings. The third-order valence-corrected chi connectivity index (χ3v) is 2.83. The van der Waals surface area contributed by atoms with E-state index < -0.39 is 4.92 Å². The fraction of sp³-hybridized carbons (Fsp3) is 0.533. The van der Waals surface area contributed by atoms with Crippen molar-refractivity contribution in [1.29, 1.82) is 0 Å². The molecule has 20 heavy (non-hydrogen) atoms. The van der Waals surface area contributed by atoms with Crippen molar-refractivity contribution in [2.24, 2.45) is 11.8 Å². The van der Waals surface area contributed by atoms with E-state index in [0.29, 0.717) is 11.5 Å². The molecule has 0 aliphatic heterocycles. The predicted molar refractivity (Wildman–Crippen MR) is 76.3 cm³/mol. The molecule has 0 N–H and O–H groups in total. The Bertz CT molecular complexity index is 495. The van der Waals surface area contributed by atoms with Gasteiger partial charge in [0.1, 0.15) is 6.61 Å². The van der Waals surface area contributed by atoms with Gasteiger partial charge in [-0.2, -0.15) is 0 Å². The first-order valence-electron chi connectivity index (χ1n) is 6.74. The first kappa shape index (κ1) is 16.1. The monoisotopic (exact) mass is 279 g/mol. The number of esters is 1. The van der Waals surface area contributed by atoms with Crippen LogP contribution in [0.4, 0.5) is 5.69 Å². The average molecular weight is 279 g/mol. The molecule has 1 rings (SSSR count). The maximum Gasteiger partial charge on any atom is 0.308 e.